The number of ether oxygens (including phenoxy) is 2. The van der Waals surface area contributed by atoms with Crippen LogP contribution in [0.2, 0.25) is 0 Å². The van der Waals surface area contributed by atoms with Crippen LogP contribution in [-0.2, 0) is 11.2 Å². The molecule has 0 aromatic heterocycles. The van der Waals surface area contributed by atoms with Crippen LogP contribution in [0.5, 0.6) is 11.5 Å². The number of rotatable bonds is 8. The van der Waals surface area contributed by atoms with Crippen LogP contribution in [0.25, 0.3) is 0 Å². The molecule has 2 aromatic carbocycles. The number of carbonyl (C=O) groups is 2. The third-order valence-corrected chi connectivity index (χ3v) is 7.78. The number of hydrogen-bond acceptors (Lipinski definition) is 5. The average Bonchev–Trinajstić information content (AvgIpc) is 3.15. The van der Waals surface area contributed by atoms with Crippen molar-refractivity contribution in [1.29, 1.82) is 0 Å². The van der Waals surface area contributed by atoms with Crippen LogP contribution in [0.1, 0.15) is 38.2 Å². The number of urea groups is 1. The standard InChI is InChI=1S/C28H35N3O4/c1-2-28(22-14-17-30(18-15-22)16-8-11-21-9-4-3-5-10-21)26(32)31(27(33)29-28)19-23-20-34-24-12-6-7-13-25(24)35-23/h3-7,9-10,12-13,22-23H,2,8,11,14-20H2,1H3,(H,29,33)/t23-,28-/m0/s1. The maximum atomic E-state index is 13.6. The second kappa shape index (κ2) is 10.3. The van der Waals surface area contributed by atoms with E-state index in [1.165, 1.54) is 10.5 Å². The minimum Gasteiger partial charge on any atom is -0.486 e. The van der Waals surface area contributed by atoms with E-state index in [0.29, 0.717) is 24.5 Å². The number of imide groups is 1. The number of benzene rings is 2. The molecular weight excluding hydrogens is 442 g/mol. The molecule has 0 bridgehead atoms. The Morgan fingerprint density at radius 3 is 2.46 bits per heavy atom. The highest BCUT2D eigenvalue weighted by atomic mass is 16.6. The summed E-state index contributed by atoms with van der Waals surface area (Å²) in [7, 11) is 0. The number of likely N-dealkylation sites (tertiary alicyclic amines) is 1. The average molecular weight is 478 g/mol. The van der Waals surface area contributed by atoms with Gasteiger partial charge in [0.15, 0.2) is 17.6 Å². The first-order valence-electron chi connectivity index (χ1n) is 12.9. The predicted molar refractivity (Wildman–Crippen MR) is 134 cm³/mol. The molecule has 5 rings (SSSR count). The lowest BCUT2D eigenvalue weighted by Crippen LogP contribution is -2.56. The fourth-order valence-corrected chi connectivity index (χ4v) is 5.77. The highest BCUT2D eigenvalue weighted by molar-refractivity contribution is 6.07. The summed E-state index contributed by atoms with van der Waals surface area (Å²) in [6, 6.07) is 17.8. The Bertz CT molecular complexity index is 1040. The van der Waals surface area contributed by atoms with Gasteiger partial charge in [-0.1, -0.05) is 49.4 Å². The molecule has 2 fully saturated rings. The number of nitrogens with zero attached hydrogens (tertiary/aromatic N) is 2. The second-order valence-electron chi connectivity index (χ2n) is 9.87. The number of amides is 3. The maximum absolute atomic E-state index is 13.6. The van der Waals surface area contributed by atoms with E-state index in [4.69, 9.17) is 9.47 Å². The molecule has 0 radical (unpaired) electrons. The van der Waals surface area contributed by atoms with E-state index >= 15 is 0 Å². The fraction of sp³-hybridized carbons (Fsp3) is 0.500. The molecule has 0 unspecified atom stereocenters. The first kappa shape index (κ1) is 23.7. The number of piperidine rings is 1. The van der Waals surface area contributed by atoms with Crippen molar-refractivity contribution >= 4 is 11.9 Å². The SMILES string of the molecule is CC[C@@]1(C2CCN(CCCc3ccccc3)CC2)NC(=O)N(C[C@H]2COc3ccccc3O2)C1=O. The van der Waals surface area contributed by atoms with Crippen molar-refractivity contribution in [2.24, 2.45) is 5.92 Å². The largest absolute Gasteiger partial charge is 0.486 e. The van der Waals surface area contributed by atoms with E-state index in [9.17, 15) is 9.59 Å². The third kappa shape index (κ3) is 4.87. The van der Waals surface area contributed by atoms with Gasteiger partial charge in [0, 0.05) is 0 Å². The molecule has 0 saturated carbocycles. The summed E-state index contributed by atoms with van der Waals surface area (Å²) < 4.78 is 11.8. The van der Waals surface area contributed by atoms with Crippen LogP contribution in [0.4, 0.5) is 4.79 Å². The zero-order valence-electron chi connectivity index (χ0n) is 20.4. The van der Waals surface area contributed by atoms with Crippen molar-refractivity contribution in [1.82, 2.24) is 15.1 Å². The van der Waals surface area contributed by atoms with Crippen LogP contribution >= 0.6 is 0 Å². The van der Waals surface area contributed by atoms with E-state index in [0.717, 1.165) is 45.3 Å². The Morgan fingerprint density at radius 1 is 1.00 bits per heavy atom. The van der Waals surface area contributed by atoms with E-state index in [1.54, 1.807) is 0 Å². The quantitative estimate of drug-likeness (QED) is 0.585. The topological polar surface area (TPSA) is 71.1 Å². The van der Waals surface area contributed by atoms with Gasteiger partial charge in [-0.05, 0) is 75.4 Å². The number of carbonyl (C=O) groups excluding carboxylic acids is 2. The molecule has 3 amide bonds. The van der Waals surface area contributed by atoms with Crippen molar-refractivity contribution in [2.45, 2.75) is 50.7 Å². The molecule has 7 nitrogen and oxygen atoms in total. The van der Waals surface area contributed by atoms with Crippen LogP contribution in [0.3, 0.4) is 0 Å². The Kier molecular flexibility index (Phi) is 6.95. The van der Waals surface area contributed by atoms with Gasteiger partial charge < -0.3 is 19.7 Å². The lowest BCUT2D eigenvalue weighted by Gasteiger charge is -2.40. The summed E-state index contributed by atoms with van der Waals surface area (Å²) in [5.41, 5.74) is 0.559. The van der Waals surface area contributed by atoms with Gasteiger partial charge >= 0.3 is 6.03 Å². The zero-order chi connectivity index (χ0) is 24.3. The van der Waals surface area contributed by atoms with Crippen LogP contribution in [0.15, 0.2) is 54.6 Å². The molecule has 0 spiro atoms. The molecule has 2 atom stereocenters. The number of nitrogens with one attached hydrogen (secondary N) is 1. The maximum Gasteiger partial charge on any atom is 0.325 e. The van der Waals surface area contributed by atoms with Gasteiger partial charge in [-0.3, -0.25) is 9.69 Å². The van der Waals surface area contributed by atoms with E-state index in [1.807, 2.05) is 31.2 Å². The summed E-state index contributed by atoms with van der Waals surface area (Å²) in [5, 5.41) is 3.10. The van der Waals surface area contributed by atoms with Gasteiger partial charge in [0.2, 0.25) is 0 Å². The van der Waals surface area contributed by atoms with E-state index in [-0.39, 0.29) is 30.5 Å². The molecule has 35 heavy (non-hydrogen) atoms. The molecule has 7 heteroatoms. The molecule has 0 aliphatic carbocycles. The summed E-state index contributed by atoms with van der Waals surface area (Å²) >= 11 is 0. The van der Waals surface area contributed by atoms with Gasteiger partial charge in [-0.2, -0.15) is 0 Å². The number of aryl methyl sites for hydroxylation is 1. The Morgan fingerprint density at radius 2 is 1.71 bits per heavy atom. The number of fused-ring (bicyclic) bond motifs is 1. The third-order valence-electron chi connectivity index (χ3n) is 7.78. The molecule has 2 aromatic rings. The summed E-state index contributed by atoms with van der Waals surface area (Å²) in [6.45, 7) is 5.49. The monoisotopic (exact) mass is 477 g/mol. The molecule has 3 heterocycles. The minimum atomic E-state index is -0.819. The Hall–Kier alpha value is -3.06. The molecule has 2 saturated heterocycles. The Balaban J connectivity index is 1.16. The number of hydrogen-bond donors (Lipinski definition) is 1. The second-order valence-corrected chi connectivity index (χ2v) is 9.87. The van der Waals surface area contributed by atoms with Crippen molar-refractivity contribution < 1.29 is 19.1 Å². The van der Waals surface area contributed by atoms with Crippen LogP contribution in [-0.4, -0.2) is 66.2 Å². The van der Waals surface area contributed by atoms with Crippen molar-refractivity contribution in [3.63, 3.8) is 0 Å². The first-order valence-corrected chi connectivity index (χ1v) is 12.9. The first-order chi connectivity index (χ1) is 17.1. The van der Waals surface area contributed by atoms with E-state index < -0.39 is 5.54 Å². The van der Waals surface area contributed by atoms with E-state index in [2.05, 4.69) is 40.5 Å². The predicted octanol–water partition coefficient (Wildman–Crippen LogP) is 3.87. The smallest absolute Gasteiger partial charge is 0.325 e. The van der Waals surface area contributed by atoms with Gasteiger partial charge in [0.1, 0.15) is 12.1 Å². The summed E-state index contributed by atoms with van der Waals surface area (Å²) in [5.74, 6) is 1.37. The lowest BCUT2D eigenvalue weighted by molar-refractivity contribution is -0.135. The number of para-hydroxylation sites is 2. The molecular formula is C28H35N3O4. The molecule has 1 N–H and O–H groups in total. The summed E-state index contributed by atoms with van der Waals surface area (Å²) in [4.78, 5) is 30.4. The van der Waals surface area contributed by atoms with Gasteiger partial charge in [-0.25, -0.2) is 4.79 Å². The zero-order valence-corrected chi connectivity index (χ0v) is 20.4. The lowest BCUT2D eigenvalue weighted by atomic mass is 9.75. The highest BCUT2D eigenvalue weighted by Gasteiger charge is 2.55. The summed E-state index contributed by atoms with van der Waals surface area (Å²) in [6.07, 6.45) is 4.26. The van der Waals surface area contributed by atoms with Crippen molar-refractivity contribution in [2.75, 3.05) is 32.8 Å². The normalized spacial score (nSPS) is 25.1. The molecule has 3 aliphatic rings. The fourth-order valence-electron chi connectivity index (χ4n) is 5.77. The molecule has 186 valence electrons. The highest BCUT2D eigenvalue weighted by Crippen LogP contribution is 2.37. The van der Waals surface area contributed by atoms with Gasteiger partial charge in [0.25, 0.3) is 5.91 Å². The molecule has 3 aliphatic heterocycles. The minimum absolute atomic E-state index is 0.116. The van der Waals surface area contributed by atoms with Gasteiger partial charge in [0.05, 0.1) is 6.54 Å². The van der Waals surface area contributed by atoms with Crippen LogP contribution < -0.4 is 14.8 Å². The van der Waals surface area contributed by atoms with Crippen molar-refractivity contribution in [3.05, 3.63) is 60.2 Å². The van der Waals surface area contributed by atoms with Crippen molar-refractivity contribution in [3.8, 4) is 11.5 Å². The van der Waals surface area contributed by atoms with Gasteiger partial charge in [-0.15, -0.1) is 0 Å². The Labute approximate surface area is 207 Å². The van der Waals surface area contributed by atoms with Crippen LogP contribution in [0, 0.1) is 5.92 Å².